The summed E-state index contributed by atoms with van der Waals surface area (Å²) < 4.78 is 5.27. The minimum absolute atomic E-state index is 0.138. The summed E-state index contributed by atoms with van der Waals surface area (Å²) in [5.41, 5.74) is 3.89. The molecule has 0 fully saturated rings. The smallest absolute Gasteiger partial charge is 0.316 e. The van der Waals surface area contributed by atoms with Gasteiger partial charge in [0.05, 0.1) is 11.5 Å². The minimum atomic E-state index is -0.329. The molecule has 0 aliphatic rings. The number of carbonyl (C=O) groups excluding carboxylic acids is 2. The maximum atomic E-state index is 11.8. The van der Waals surface area contributed by atoms with Crippen LogP contribution in [0.1, 0.15) is 16.7 Å². The van der Waals surface area contributed by atoms with Crippen LogP contribution in [0.5, 0.6) is 0 Å². The van der Waals surface area contributed by atoms with Crippen LogP contribution in [0.3, 0.4) is 0 Å². The average Bonchev–Trinajstić information content (AvgIpc) is 2.58. The van der Waals surface area contributed by atoms with E-state index >= 15 is 0 Å². The monoisotopic (exact) mass is 377 g/mol. The van der Waals surface area contributed by atoms with E-state index in [1.807, 2.05) is 32.0 Å². The van der Waals surface area contributed by atoms with Gasteiger partial charge in [0.1, 0.15) is 6.61 Å². The quantitative estimate of drug-likeness (QED) is 0.728. The molecule has 0 radical (unpaired) electrons. The fourth-order valence-corrected chi connectivity index (χ4v) is 2.85. The first kappa shape index (κ1) is 19.3. The number of amides is 1. The van der Waals surface area contributed by atoms with Crippen LogP contribution in [0, 0.1) is 13.8 Å². The number of thioether (sulfide) groups is 1. The number of rotatable bonds is 7. The van der Waals surface area contributed by atoms with Crippen molar-refractivity contribution >= 4 is 40.9 Å². The van der Waals surface area contributed by atoms with E-state index in [-0.39, 0.29) is 30.0 Å². The lowest BCUT2D eigenvalue weighted by Gasteiger charge is -2.09. The molecule has 0 aromatic heterocycles. The van der Waals surface area contributed by atoms with Crippen molar-refractivity contribution < 1.29 is 14.3 Å². The standard InChI is InChI=1S/C19H20ClNO3S/c1-13-3-4-14(2)15(9-13)10-24-19(23)12-25-11-18(22)21-17-7-5-16(20)6-8-17/h3-9H,10-12H2,1-2H3,(H,21,22). The van der Waals surface area contributed by atoms with Crippen molar-refractivity contribution in [3.63, 3.8) is 0 Å². The van der Waals surface area contributed by atoms with Gasteiger partial charge in [-0.25, -0.2) is 0 Å². The average molecular weight is 378 g/mol. The van der Waals surface area contributed by atoms with Crippen LogP contribution in [-0.2, 0) is 20.9 Å². The molecule has 0 aliphatic heterocycles. The van der Waals surface area contributed by atoms with E-state index in [0.717, 1.165) is 16.7 Å². The van der Waals surface area contributed by atoms with Gasteiger partial charge >= 0.3 is 5.97 Å². The second-order valence-electron chi connectivity index (χ2n) is 5.64. The Morgan fingerprint density at radius 1 is 1.08 bits per heavy atom. The van der Waals surface area contributed by atoms with Crippen molar-refractivity contribution in [1.82, 2.24) is 0 Å². The first-order valence-corrected chi connectivity index (χ1v) is 9.32. The Kier molecular flexibility index (Phi) is 7.34. The Morgan fingerprint density at radius 2 is 1.80 bits per heavy atom. The van der Waals surface area contributed by atoms with Gasteiger partial charge < -0.3 is 10.1 Å². The zero-order chi connectivity index (χ0) is 18.2. The highest BCUT2D eigenvalue weighted by Crippen LogP contribution is 2.14. The van der Waals surface area contributed by atoms with Gasteiger partial charge in [0, 0.05) is 10.7 Å². The van der Waals surface area contributed by atoms with Crippen LogP contribution >= 0.6 is 23.4 Å². The van der Waals surface area contributed by atoms with Crippen molar-refractivity contribution in [2.45, 2.75) is 20.5 Å². The van der Waals surface area contributed by atoms with Crippen LogP contribution in [0.2, 0.25) is 5.02 Å². The fourth-order valence-electron chi connectivity index (χ4n) is 2.11. The van der Waals surface area contributed by atoms with Crippen LogP contribution in [-0.4, -0.2) is 23.4 Å². The number of nitrogens with one attached hydrogen (secondary N) is 1. The zero-order valence-corrected chi connectivity index (χ0v) is 15.7. The summed E-state index contributed by atoms with van der Waals surface area (Å²) in [5.74, 6) is -0.181. The number of halogens is 1. The maximum absolute atomic E-state index is 11.8. The number of hydrogen-bond donors (Lipinski definition) is 1. The molecule has 0 saturated carbocycles. The van der Waals surface area contributed by atoms with E-state index in [1.54, 1.807) is 24.3 Å². The lowest BCUT2D eigenvalue weighted by molar-refractivity contribution is -0.141. The number of benzene rings is 2. The Labute approximate surface area is 156 Å². The summed E-state index contributed by atoms with van der Waals surface area (Å²) in [5, 5.41) is 3.35. The third-order valence-corrected chi connectivity index (χ3v) is 4.63. The molecule has 2 rings (SSSR count). The second kappa shape index (κ2) is 9.49. The molecule has 25 heavy (non-hydrogen) atoms. The minimum Gasteiger partial charge on any atom is -0.460 e. The number of ether oxygens (including phenoxy) is 1. The van der Waals surface area contributed by atoms with Gasteiger partial charge in [0.2, 0.25) is 5.91 Å². The molecule has 2 aromatic rings. The van der Waals surface area contributed by atoms with Crippen molar-refractivity contribution in [1.29, 1.82) is 0 Å². The highest BCUT2D eigenvalue weighted by molar-refractivity contribution is 8.00. The second-order valence-corrected chi connectivity index (χ2v) is 7.06. The molecule has 0 atom stereocenters. The Balaban J connectivity index is 1.68. The third-order valence-electron chi connectivity index (χ3n) is 3.47. The molecule has 0 heterocycles. The van der Waals surface area contributed by atoms with Gasteiger partial charge in [-0.1, -0.05) is 35.4 Å². The molecule has 4 nitrogen and oxygen atoms in total. The first-order chi connectivity index (χ1) is 11.9. The maximum Gasteiger partial charge on any atom is 0.316 e. The number of anilines is 1. The molecular weight excluding hydrogens is 358 g/mol. The third kappa shape index (κ3) is 6.80. The molecule has 6 heteroatoms. The molecule has 1 N–H and O–H groups in total. The number of carbonyl (C=O) groups is 2. The molecule has 0 bridgehead atoms. The number of hydrogen-bond acceptors (Lipinski definition) is 4. The van der Waals surface area contributed by atoms with E-state index in [0.29, 0.717) is 10.7 Å². The molecular formula is C19H20ClNO3S. The van der Waals surface area contributed by atoms with Crippen LogP contribution in [0.25, 0.3) is 0 Å². The Hall–Kier alpha value is -1.98. The van der Waals surface area contributed by atoms with E-state index < -0.39 is 0 Å². The summed E-state index contributed by atoms with van der Waals surface area (Å²) >= 11 is 7.01. The largest absolute Gasteiger partial charge is 0.460 e. The van der Waals surface area contributed by atoms with Gasteiger partial charge in [-0.2, -0.15) is 0 Å². The van der Waals surface area contributed by atoms with E-state index in [2.05, 4.69) is 5.32 Å². The number of esters is 1. The summed E-state index contributed by atoms with van der Waals surface area (Å²) in [6.45, 7) is 4.24. The highest BCUT2D eigenvalue weighted by Gasteiger charge is 2.08. The molecule has 0 spiro atoms. The van der Waals surface area contributed by atoms with Crippen LogP contribution in [0.4, 0.5) is 5.69 Å². The molecule has 132 valence electrons. The Morgan fingerprint density at radius 3 is 2.52 bits per heavy atom. The number of aryl methyl sites for hydroxylation is 2. The topological polar surface area (TPSA) is 55.4 Å². The molecule has 0 saturated heterocycles. The lowest BCUT2D eigenvalue weighted by atomic mass is 10.1. The fraction of sp³-hybridized carbons (Fsp3) is 0.263. The normalized spacial score (nSPS) is 10.4. The summed E-state index contributed by atoms with van der Waals surface area (Å²) in [4.78, 5) is 23.6. The Bertz CT molecular complexity index is 747. The zero-order valence-electron chi connectivity index (χ0n) is 14.2. The van der Waals surface area contributed by atoms with E-state index in [9.17, 15) is 9.59 Å². The molecule has 0 unspecified atom stereocenters. The molecule has 2 aromatic carbocycles. The van der Waals surface area contributed by atoms with Crippen molar-refractivity contribution in [2.75, 3.05) is 16.8 Å². The first-order valence-electron chi connectivity index (χ1n) is 7.79. The van der Waals surface area contributed by atoms with Crippen molar-refractivity contribution in [3.05, 3.63) is 64.2 Å². The van der Waals surface area contributed by atoms with Gasteiger partial charge in [-0.15, -0.1) is 11.8 Å². The van der Waals surface area contributed by atoms with E-state index in [1.165, 1.54) is 11.8 Å². The predicted octanol–water partition coefficient (Wildman–Crippen LogP) is 4.37. The summed E-state index contributed by atoms with van der Waals surface area (Å²) in [7, 11) is 0. The summed E-state index contributed by atoms with van der Waals surface area (Å²) in [6, 6.07) is 12.9. The van der Waals surface area contributed by atoms with Gasteiger partial charge in [0.25, 0.3) is 0 Å². The SMILES string of the molecule is Cc1ccc(C)c(COC(=O)CSCC(=O)Nc2ccc(Cl)cc2)c1. The lowest BCUT2D eigenvalue weighted by Crippen LogP contribution is -2.16. The van der Waals surface area contributed by atoms with Gasteiger partial charge in [-0.3, -0.25) is 9.59 Å². The van der Waals surface area contributed by atoms with Gasteiger partial charge in [0.15, 0.2) is 0 Å². The van der Waals surface area contributed by atoms with Crippen molar-refractivity contribution in [3.8, 4) is 0 Å². The van der Waals surface area contributed by atoms with Crippen LogP contribution in [0.15, 0.2) is 42.5 Å². The highest BCUT2D eigenvalue weighted by atomic mass is 35.5. The van der Waals surface area contributed by atoms with Gasteiger partial charge in [-0.05, 0) is 49.2 Å². The summed E-state index contributed by atoms with van der Waals surface area (Å²) in [6.07, 6.45) is 0. The van der Waals surface area contributed by atoms with E-state index in [4.69, 9.17) is 16.3 Å². The molecule has 0 aliphatic carbocycles. The van der Waals surface area contributed by atoms with Crippen LogP contribution < -0.4 is 5.32 Å². The molecule has 1 amide bonds. The van der Waals surface area contributed by atoms with Crippen molar-refractivity contribution in [2.24, 2.45) is 0 Å². The predicted molar refractivity (Wildman–Crippen MR) is 103 cm³/mol.